The SMILES string of the molecule is C=CC(=O)Nc1cc(Nc2nccc(-c3cn4c5c(c(C#N)ccc35)CCC4)n2)c(OC(F)(F)F)cc1N(C)CCN(C)C. The molecular formula is C31H31F3N8O2. The van der Waals surface area contributed by atoms with E-state index in [1.165, 1.54) is 18.3 Å². The molecule has 2 N–H and O–H groups in total. The summed E-state index contributed by atoms with van der Waals surface area (Å²) in [7, 11) is 5.46. The number of carbonyl (C=O) groups excluding carboxylic acids is 1. The minimum atomic E-state index is -4.99. The molecule has 1 amide bonds. The Bertz CT molecular complexity index is 1770. The van der Waals surface area contributed by atoms with Crippen molar-refractivity contribution in [2.75, 3.05) is 49.8 Å². The first-order chi connectivity index (χ1) is 21.0. The van der Waals surface area contributed by atoms with E-state index in [1.807, 2.05) is 31.3 Å². The van der Waals surface area contributed by atoms with Crippen molar-refractivity contribution >= 4 is 39.8 Å². The summed E-state index contributed by atoms with van der Waals surface area (Å²) in [6, 6.07) is 10.2. The number of nitriles is 1. The quantitative estimate of drug-likeness (QED) is 0.223. The highest BCUT2D eigenvalue weighted by Crippen LogP contribution is 2.41. The number of aryl methyl sites for hydroxylation is 2. The number of likely N-dealkylation sites (N-methyl/N-ethyl adjacent to an activating group) is 2. The lowest BCUT2D eigenvalue weighted by atomic mass is 9.97. The van der Waals surface area contributed by atoms with Gasteiger partial charge in [-0.15, -0.1) is 13.2 Å². The zero-order valence-corrected chi connectivity index (χ0v) is 24.5. The Labute approximate surface area is 252 Å². The topological polar surface area (TPSA) is 111 Å². The minimum Gasteiger partial charge on any atom is -0.403 e. The smallest absolute Gasteiger partial charge is 0.403 e. The number of hydrogen-bond donors (Lipinski definition) is 2. The second-order valence-corrected chi connectivity index (χ2v) is 10.7. The molecule has 228 valence electrons. The molecule has 0 spiro atoms. The second-order valence-electron chi connectivity index (χ2n) is 10.7. The Balaban J connectivity index is 1.57. The summed E-state index contributed by atoms with van der Waals surface area (Å²) in [5.41, 5.74) is 4.41. The zero-order valence-electron chi connectivity index (χ0n) is 24.5. The highest BCUT2D eigenvalue weighted by molar-refractivity contribution is 6.02. The molecule has 1 aliphatic rings. The number of nitrogens with zero attached hydrogens (tertiary/aromatic N) is 6. The Morgan fingerprint density at radius 2 is 2.00 bits per heavy atom. The summed E-state index contributed by atoms with van der Waals surface area (Å²) < 4.78 is 47.2. The van der Waals surface area contributed by atoms with E-state index in [0.29, 0.717) is 30.0 Å². The minimum absolute atomic E-state index is 0.0221. The van der Waals surface area contributed by atoms with Crippen LogP contribution in [-0.4, -0.2) is 65.9 Å². The van der Waals surface area contributed by atoms with Crippen LogP contribution < -0.4 is 20.3 Å². The third kappa shape index (κ3) is 6.45. The maximum Gasteiger partial charge on any atom is 0.573 e. The molecule has 44 heavy (non-hydrogen) atoms. The van der Waals surface area contributed by atoms with Crippen LogP contribution in [-0.2, 0) is 17.8 Å². The number of anilines is 4. The van der Waals surface area contributed by atoms with Crippen molar-refractivity contribution in [3.8, 4) is 23.1 Å². The lowest BCUT2D eigenvalue weighted by Crippen LogP contribution is -2.29. The van der Waals surface area contributed by atoms with Gasteiger partial charge in [0, 0.05) is 56.1 Å². The first-order valence-corrected chi connectivity index (χ1v) is 13.9. The molecule has 2 aromatic heterocycles. The van der Waals surface area contributed by atoms with Gasteiger partial charge in [-0.2, -0.15) is 5.26 Å². The van der Waals surface area contributed by atoms with Crippen LogP contribution in [0.5, 0.6) is 5.75 Å². The molecule has 10 nitrogen and oxygen atoms in total. The van der Waals surface area contributed by atoms with E-state index in [1.54, 1.807) is 24.1 Å². The summed E-state index contributed by atoms with van der Waals surface area (Å²) >= 11 is 0. The Hall–Kier alpha value is -5.09. The number of carbonyl (C=O) groups is 1. The molecule has 3 heterocycles. The first-order valence-electron chi connectivity index (χ1n) is 13.9. The Morgan fingerprint density at radius 1 is 1.20 bits per heavy atom. The van der Waals surface area contributed by atoms with Crippen molar-refractivity contribution in [2.24, 2.45) is 0 Å². The Kier molecular flexibility index (Phi) is 8.46. The number of amides is 1. The molecule has 0 saturated heterocycles. The molecule has 0 fully saturated rings. The van der Waals surface area contributed by atoms with E-state index in [4.69, 9.17) is 0 Å². The van der Waals surface area contributed by atoms with Crippen molar-refractivity contribution < 1.29 is 22.7 Å². The van der Waals surface area contributed by atoms with Crippen molar-refractivity contribution in [3.05, 3.63) is 66.5 Å². The molecule has 0 atom stereocenters. The molecule has 1 aliphatic heterocycles. The highest BCUT2D eigenvalue weighted by atomic mass is 19.4. The van der Waals surface area contributed by atoms with E-state index < -0.39 is 18.0 Å². The van der Waals surface area contributed by atoms with Gasteiger partial charge in [0.25, 0.3) is 0 Å². The summed E-state index contributed by atoms with van der Waals surface area (Å²) in [6.45, 7) is 5.33. The molecule has 0 aliphatic carbocycles. The third-order valence-corrected chi connectivity index (χ3v) is 7.33. The van der Waals surface area contributed by atoms with Crippen LogP contribution in [0.2, 0.25) is 0 Å². The van der Waals surface area contributed by atoms with Crippen LogP contribution in [0.3, 0.4) is 0 Å². The Morgan fingerprint density at radius 3 is 2.70 bits per heavy atom. The number of ether oxygens (including phenoxy) is 1. The number of halogens is 3. The van der Waals surface area contributed by atoms with Gasteiger partial charge in [-0.3, -0.25) is 4.79 Å². The molecule has 0 radical (unpaired) electrons. The summed E-state index contributed by atoms with van der Waals surface area (Å²) in [4.78, 5) is 24.8. The van der Waals surface area contributed by atoms with Crippen LogP contribution in [0, 0.1) is 11.3 Å². The van der Waals surface area contributed by atoms with Gasteiger partial charge in [-0.05, 0) is 56.8 Å². The highest BCUT2D eigenvalue weighted by Gasteiger charge is 2.33. The predicted molar refractivity (Wildman–Crippen MR) is 163 cm³/mol. The van der Waals surface area contributed by atoms with Crippen LogP contribution in [0.4, 0.5) is 36.2 Å². The standard InChI is InChI=1S/C31H31F3N8O2/c1-5-28(43)37-24-15-25(27(44-31(32,33)34)16-26(24)41(4)14-13-40(2)3)39-30-36-11-10-23(38-30)22-18-42-12-6-7-20-19(17-35)8-9-21(22)29(20)42/h5,8-11,15-16,18H,1,6-7,12-14H2,2-4H3,(H,37,43)(H,36,38,39). The van der Waals surface area contributed by atoms with Crippen LogP contribution in [0.15, 0.2) is 55.4 Å². The summed E-state index contributed by atoms with van der Waals surface area (Å²) in [5, 5.41) is 16.1. The molecule has 0 saturated carbocycles. The van der Waals surface area contributed by atoms with Gasteiger partial charge >= 0.3 is 6.36 Å². The van der Waals surface area contributed by atoms with Gasteiger partial charge in [0.15, 0.2) is 5.75 Å². The van der Waals surface area contributed by atoms with Gasteiger partial charge in [-0.25, -0.2) is 9.97 Å². The average molecular weight is 605 g/mol. The summed E-state index contributed by atoms with van der Waals surface area (Å²) in [6.07, 6.45) is 1.26. The number of aromatic nitrogens is 3. The van der Waals surface area contributed by atoms with Crippen molar-refractivity contribution in [1.82, 2.24) is 19.4 Å². The number of alkyl halides is 3. The maximum atomic E-state index is 13.6. The largest absolute Gasteiger partial charge is 0.573 e. The fraction of sp³-hybridized carbons (Fsp3) is 0.290. The number of rotatable bonds is 10. The van der Waals surface area contributed by atoms with E-state index in [-0.39, 0.29) is 17.3 Å². The predicted octanol–water partition coefficient (Wildman–Crippen LogP) is 5.68. The zero-order chi connectivity index (χ0) is 31.6. The lowest BCUT2D eigenvalue weighted by Gasteiger charge is -2.26. The number of benzene rings is 2. The summed E-state index contributed by atoms with van der Waals surface area (Å²) in [5.74, 6) is -1.03. The van der Waals surface area contributed by atoms with Crippen LogP contribution >= 0.6 is 0 Å². The molecule has 2 aromatic carbocycles. The van der Waals surface area contributed by atoms with E-state index in [0.717, 1.165) is 47.5 Å². The van der Waals surface area contributed by atoms with E-state index in [9.17, 15) is 23.2 Å². The second kappa shape index (κ2) is 12.3. The fourth-order valence-electron chi connectivity index (χ4n) is 5.27. The number of hydrogen-bond acceptors (Lipinski definition) is 8. The van der Waals surface area contributed by atoms with Gasteiger partial charge in [0.1, 0.15) is 0 Å². The fourth-order valence-corrected chi connectivity index (χ4v) is 5.27. The lowest BCUT2D eigenvalue weighted by molar-refractivity contribution is -0.274. The number of nitrogens with one attached hydrogen (secondary N) is 2. The molecule has 13 heteroatoms. The van der Waals surface area contributed by atoms with Crippen molar-refractivity contribution in [2.45, 2.75) is 25.7 Å². The first kappa shape index (κ1) is 30.4. The van der Waals surface area contributed by atoms with Crippen LogP contribution in [0.1, 0.15) is 17.5 Å². The average Bonchev–Trinajstić information content (AvgIpc) is 3.37. The van der Waals surface area contributed by atoms with Gasteiger partial charge in [-0.1, -0.05) is 12.6 Å². The van der Waals surface area contributed by atoms with Gasteiger partial charge in [0.2, 0.25) is 11.9 Å². The van der Waals surface area contributed by atoms with Crippen molar-refractivity contribution in [3.63, 3.8) is 0 Å². The molecular weight excluding hydrogens is 573 g/mol. The van der Waals surface area contributed by atoms with Crippen LogP contribution in [0.25, 0.3) is 22.2 Å². The van der Waals surface area contributed by atoms with Gasteiger partial charge in [0.05, 0.1) is 39.9 Å². The third-order valence-electron chi connectivity index (χ3n) is 7.33. The van der Waals surface area contributed by atoms with Gasteiger partial charge < -0.3 is 29.7 Å². The van der Waals surface area contributed by atoms with Crippen molar-refractivity contribution in [1.29, 1.82) is 5.26 Å². The monoisotopic (exact) mass is 604 g/mol. The molecule has 0 unspecified atom stereocenters. The maximum absolute atomic E-state index is 13.6. The molecule has 5 rings (SSSR count). The van der Waals surface area contributed by atoms with E-state index in [2.05, 4.69) is 42.6 Å². The molecule has 0 bridgehead atoms. The normalized spacial score (nSPS) is 12.6. The van der Waals surface area contributed by atoms with E-state index >= 15 is 0 Å². The molecule has 4 aromatic rings.